The van der Waals surface area contributed by atoms with Gasteiger partial charge < -0.3 is 9.84 Å². The first kappa shape index (κ1) is 15.7. The van der Waals surface area contributed by atoms with Gasteiger partial charge >= 0.3 is 12.1 Å². The third-order valence-electron chi connectivity index (χ3n) is 5.11. The van der Waals surface area contributed by atoms with Crippen molar-refractivity contribution in [2.45, 2.75) is 24.8 Å². The van der Waals surface area contributed by atoms with Gasteiger partial charge in [-0.25, -0.2) is 9.59 Å². The molecule has 0 spiro atoms. The highest BCUT2D eigenvalue weighted by Crippen LogP contribution is 2.44. The monoisotopic (exact) mass is 339 g/mol. The molecule has 128 valence electrons. The molecule has 2 aromatic rings. The predicted molar refractivity (Wildman–Crippen MR) is 92.4 cm³/mol. The van der Waals surface area contributed by atoms with Gasteiger partial charge in [0.2, 0.25) is 0 Å². The summed E-state index contributed by atoms with van der Waals surface area (Å²) in [6.45, 7) is 0.656. The van der Waals surface area contributed by atoms with Gasteiger partial charge in [-0.3, -0.25) is 4.90 Å². The Balaban J connectivity index is 1.53. The van der Waals surface area contributed by atoms with Gasteiger partial charge in [0.05, 0.1) is 0 Å². The fraction of sp³-hybridized carbons (Fsp3) is 0.300. The summed E-state index contributed by atoms with van der Waals surface area (Å²) in [4.78, 5) is 25.0. The maximum absolute atomic E-state index is 12.4. The summed E-state index contributed by atoms with van der Waals surface area (Å²) in [5.41, 5.74) is 4.63. The molecule has 5 heteroatoms. The lowest BCUT2D eigenvalue weighted by Gasteiger charge is -2.22. The second-order valence-corrected chi connectivity index (χ2v) is 6.49. The molecule has 1 fully saturated rings. The van der Waals surface area contributed by atoms with Crippen molar-refractivity contribution in [3.63, 3.8) is 0 Å². The Kier molecular flexibility index (Phi) is 3.92. The fourth-order valence-corrected chi connectivity index (χ4v) is 3.92. The Morgan fingerprint density at radius 1 is 1.04 bits per heavy atom. The molecule has 25 heavy (non-hydrogen) atoms. The third-order valence-corrected chi connectivity index (χ3v) is 5.11. The lowest BCUT2D eigenvalue weighted by molar-refractivity contribution is -0.141. The number of likely N-dealkylation sites (tertiary alicyclic amines) is 1. The molecule has 5 nitrogen and oxygen atoms in total. The number of aliphatic carboxylic acids is 1. The molecule has 1 atom stereocenters. The largest absolute Gasteiger partial charge is 0.480 e. The topological polar surface area (TPSA) is 66.8 Å². The number of hydrogen-bond donors (Lipinski definition) is 1. The van der Waals surface area contributed by atoms with Crippen LogP contribution >= 0.6 is 0 Å². The van der Waals surface area contributed by atoms with Crippen molar-refractivity contribution >= 4 is 12.1 Å². The van der Waals surface area contributed by atoms with Crippen LogP contribution in [0, 0.1) is 0 Å². The first-order valence-electron chi connectivity index (χ1n) is 8.51. The number of carboxylic acid groups (broad SMARTS) is 1. The van der Waals surface area contributed by atoms with Crippen molar-refractivity contribution in [3.05, 3.63) is 59.7 Å². The quantitative estimate of drug-likeness (QED) is 0.870. The van der Waals surface area contributed by atoms with Gasteiger partial charge in [-0.1, -0.05) is 48.5 Å². The Hall–Kier alpha value is -2.82. The fourth-order valence-electron chi connectivity index (χ4n) is 3.92. The molecule has 2 aromatic carbocycles. The zero-order chi connectivity index (χ0) is 17.4. The maximum Gasteiger partial charge on any atom is 0.410 e. The van der Waals surface area contributed by atoms with Crippen molar-refractivity contribution in [1.82, 2.24) is 4.90 Å². The van der Waals surface area contributed by atoms with Crippen molar-refractivity contribution in [1.29, 1.82) is 0 Å². The van der Waals surface area contributed by atoms with E-state index < -0.39 is 18.1 Å². The van der Waals surface area contributed by atoms with Crippen LogP contribution in [0.5, 0.6) is 0 Å². The van der Waals surface area contributed by atoms with Crippen molar-refractivity contribution in [2.24, 2.45) is 0 Å². The van der Waals surface area contributed by atoms with Gasteiger partial charge in [0.25, 0.3) is 0 Å². The van der Waals surface area contributed by atoms with Crippen LogP contribution in [0.1, 0.15) is 29.9 Å². The molecular formula is C20H19NO4. The van der Waals surface area contributed by atoms with E-state index in [0.29, 0.717) is 19.4 Å². The normalized spacial score (nSPS) is 18.7. The third kappa shape index (κ3) is 2.65. The van der Waals surface area contributed by atoms with Crippen molar-refractivity contribution in [2.75, 3.05) is 13.2 Å². The van der Waals surface area contributed by atoms with E-state index >= 15 is 0 Å². The number of ether oxygens (including phenoxy) is 1. The molecule has 0 saturated carbocycles. The second kappa shape index (κ2) is 6.24. The lowest BCUT2D eigenvalue weighted by atomic mass is 9.98. The van der Waals surface area contributed by atoms with Crippen LogP contribution in [0.25, 0.3) is 11.1 Å². The number of hydrogen-bond acceptors (Lipinski definition) is 3. The summed E-state index contributed by atoms with van der Waals surface area (Å²) in [6, 6.07) is 15.5. The van der Waals surface area contributed by atoms with E-state index in [9.17, 15) is 14.7 Å². The van der Waals surface area contributed by atoms with E-state index in [4.69, 9.17) is 4.74 Å². The summed E-state index contributed by atoms with van der Waals surface area (Å²) >= 11 is 0. The molecule has 1 N–H and O–H groups in total. The summed E-state index contributed by atoms with van der Waals surface area (Å²) in [6.07, 6.45) is 0.646. The van der Waals surface area contributed by atoms with Gasteiger partial charge in [-0.2, -0.15) is 0 Å². The SMILES string of the molecule is O=C(OCC1c2ccccc2-c2ccccc21)N1CC[13CH2][C@H]1[13C](=O)O. The highest BCUT2D eigenvalue weighted by Gasteiger charge is 2.36. The van der Waals surface area contributed by atoms with Crippen LogP contribution in [-0.2, 0) is 9.53 Å². The Bertz CT molecular complexity index is 786. The van der Waals surface area contributed by atoms with Crippen LogP contribution in [0.2, 0.25) is 0 Å². The van der Waals surface area contributed by atoms with Gasteiger partial charge in [0, 0.05) is 12.5 Å². The molecule has 1 saturated heterocycles. The van der Waals surface area contributed by atoms with Crippen LogP contribution in [0.15, 0.2) is 48.5 Å². The lowest BCUT2D eigenvalue weighted by Crippen LogP contribution is -2.41. The molecule has 1 heterocycles. The molecule has 0 bridgehead atoms. The van der Waals surface area contributed by atoms with Gasteiger partial charge in [0.1, 0.15) is 12.6 Å². The summed E-state index contributed by atoms with van der Waals surface area (Å²) < 4.78 is 5.53. The zero-order valence-electron chi connectivity index (χ0n) is 13.7. The number of amides is 1. The average Bonchev–Trinajstić information content (AvgIpc) is 3.23. The Morgan fingerprint density at radius 3 is 2.24 bits per heavy atom. The van der Waals surface area contributed by atoms with Gasteiger partial charge in [0.15, 0.2) is 0 Å². The number of fused-ring (bicyclic) bond motifs is 3. The van der Waals surface area contributed by atoms with E-state index in [1.54, 1.807) is 0 Å². The Morgan fingerprint density at radius 2 is 1.64 bits per heavy atom. The standard InChI is InChI=1S/C20H19NO4/c22-19(23)18-10-5-11-21(18)20(24)25-12-17-15-8-3-1-6-13(15)14-7-2-4-9-16(14)17/h1-4,6-9,17-18H,5,10-12H2,(H,22,23)/t18-/m0/s1/i10+1,19+1. The zero-order valence-corrected chi connectivity index (χ0v) is 13.7. The summed E-state index contributed by atoms with van der Waals surface area (Å²) in [5.74, 6) is -0.978. The molecule has 0 radical (unpaired) electrons. The highest BCUT2D eigenvalue weighted by molar-refractivity contribution is 5.81. The highest BCUT2D eigenvalue weighted by atomic mass is 16.6. The summed E-state index contributed by atoms with van der Waals surface area (Å²) in [7, 11) is 0. The first-order valence-corrected chi connectivity index (χ1v) is 8.51. The number of carbonyl (C=O) groups excluding carboxylic acids is 1. The molecule has 0 unspecified atom stereocenters. The van der Waals surface area contributed by atoms with Crippen LogP contribution in [0.3, 0.4) is 0 Å². The van der Waals surface area contributed by atoms with E-state index in [1.165, 1.54) is 16.0 Å². The second-order valence-electron chi connectivity index (χ2n) is 6.49. The van der Waals surface area contributed by atoms with Gasteiger partial charge in [-0.15, -0.1) is 0 Å². The minimum atomic E-state index is -0.967. The van der Waals surface area contributed by atoms with E-state index in [-0.39, 0.29) is 12.5 Å². The molecule has 0 aromatic heterocycles. The molecule has 1 aliphatic heterocycles. The summed E-state index contributed by atoms with van der Waals surface area (Å²) in [5, 5.41) is 9.22. The van der Waals surface area contributed by atoms with Crippen LogP contribution < -0.4 is 0 Å². The maximum atomic E-state index is 12.4. The number of benzene rings is 2. The number of carboxylic acids is 1. The van der Waals surface area contributed by atoms with Crippen LogP contribution in [-0.4, -0.2) is 41.3 Å². The minimum Gasteiger partial charge on any atom is -0.480 e. The molecular weight excluding hydrogens is 320 g/mol. The van der Waals surface area contributed by atoms with E-state index in [2.05, 4.69) is 24.3 Å². The Labute approximate surface area is 145 Å². The first-order chi connectivity index (χ1) is 12.2. The minimum absolute atomic E-state index is 0.0118. The molecule has 4 rings (SSSR count). The average molecular weight is 339 g/mol. The number of carbonyl (C=O) groups is 2. The van der Waals surface area contributed by atoms with E-state index in [1.807, 2.05) is 24.3 Å². The number of nitrogens with zero attached hydrogens (tertiary/aromatic N) is 1. The predicted octanol–water partition coefficient (Wildman–Crippen LogP) is 3.48. The molecule has 1 aliphatic carbocycles. The van der Waals surface area contributed by atoms with Crippen molar-refractivity contribution < 1.29 is 19.4 Å². The number of rotatable bonds is 3. The van der Waals surface area contributed by atoms with Crippen LogP contribution in [0.4, 0.5) is 4.79 Å². The van der Waals surface area contributed by atoms with Crippen molar-refractivity contribution in [3.8, 4) is 11.1 Å². The molecule has 2 aliphatic rings. The van der Waals surface area contributed by atoms with E-state index in [0.717, 1.165) is 11.1 Å². The van der Waals surface area contributed by atoms with Gasteiger partial charge in [-0.05, 0) is 35.1 Å². The molecule has 1 amide bonds. The smallest absolute Gasteiger partial charge is 0.410 e.